The fourth-order valence-corrected chi connectivity index (χ4v) is 4.08. The Morgan fingerprint density at radius 3 is 2.44 bits per heavy atom. The van der Waals surface area contributed by atoms with E-state index in [4.69, 9.17) is 25.8 Å². The van der Waals surface area contributed by atoms with Gasteiger partial charge in [0, 0.05) is 24.7 Å². The van der Waals surface area contributed by atoms with E-state index in [9.17, 15) is 9.59 Å². The summed E-state index contributed by atoms with van der Waals surface area (Å²) in [6.45, 7) is 4.15. The highest BCUT2D eigenvalue weighted by Gasteiger charge is 2.30. The van der Waals surface area contributed by atoms with Crippen molar-refractivity contribution in [2.45, 2.75) is 19.9 Å². The standard InChI is InChI=1S/C25H28ClN3O5/c1-6-33-18-15-11-14-17(26)19(18)21(16-12-9-8-10-13-16)28(3)25-27-20(24(31)34-7-2)22(32-5)23(30)29(25)4/h8-15,21H,6-7H2,1-5H3. The van der Waals surface area contributed by atoms with Crippen molar-refractivity contribution in [3.63, 3.8) is 0 Å². The summed E-state index contributed by atoms with van der Waals surface area (Å²) in [6, 6.07) is 14.6. The van der Waals surface area contributed by atoms with E-state index in [-0.39, 0.29) is 24.0 Å². The first-order valence-electron chi connectivity index (χ1n) is 10.9. The fourth-order valence-electron chi connectivity index (χ4n) is 3.81. The maximum absolute atomic E-state index is 13.1. The van der Waals surface area contributed by atoms with Gasteiger partial charge in [-0.1, -0.05) is 48.0 Å². The van der Waals surface area contributed by atoms with Crippen LogP contribution in [0.25, 0.3) is 0 Å². The highest BCUT2D eigenvalue weighted by atomic mass is 35.5. The van der Waals surface area contributed by atoms with Gasteiger partial charge in [0.25, 0.3) is 5.56 Å². The second-order valence-electron chi connectivity index (χ2n) is 7.39. The van der Waals surface area contributed by atoms with Crippen LogP contribution in [-0.4, -0.2) is 42.9 Å². The van der Waals surface area contributed by atoms with Crippen LogP contribution >= 0.6 is 11.6 Å². The maximum atomic E-state index is 13.1. The van der Waals surface area contributed by atoms with Crippen LogP contribution in [0.15, 0.2) is 53.3 Å². The van der Waals surface area contributed by atoms with Gasteiger partial charge in [0.05, 0.1) is 26.4 Å². The summed E-state index contributed by atoms with van der Waals surface area (Å²) in [5.74, 6) is -0.0808. The van der Waals surface area contributed by atoms with Gasteiger partial charge < -0.3 is 19.1 Å². The number of benzene rings is 2. The molecule has 34 heavy (non-hydrogen) atoms. The summed E-state index contributed by atoms with van der Waals surface area (Å²) in [7, 11) is 4.66. The van der Waals surface area contributed by atoms with E-state index in [2.05, 4.69) is 4.98 Å². The fraction of sp³-hybridized carbons (Fsp3) is 0.320. The molecule has 8 nitrogen and oxygen atoms in total. The van der Waals surface area contributed by atoms with E-state index in [1.165, 1.54) is 11.7 Å². The lowest BCUT2D eigenvalue weighted by Crippen LogP contribution is -2.34. The van der Waals surface area contributed by atoms with E-state index in [0.29, 0.717) is 22.9 Å². The van der Waals surface area contributed by atoms with E-state index in [1.807, 2.05) is 49.4 Å². The largest absolute Gasteiger partial charge is 0.493 e. The predicted molar refractivity (Wildman–Crippen MR) is 131 cm³/mol. The molecule has 3 rings (SSSR count). The number of halogens is 1. The van der Waals surface area contributed by atoms with Crippen molar-refractivity contribution in [3.05, 3.63) is 80.7 Å². The number of methoxy groups -OCH3 is 1. The Labute approximate surface area is 203 Å². The zero-order valence-corrected chi connectivity index (χ0v) is 20.6. The van der Waals surface area contributed by atoms with Gasteiger partial charge in [-0.3, -0.25) is 9.36 Å². The van der Waals surface area contributed by atoms with E-state index < -0.39 is 17.6 Å². The molecule has 2 aromatic carbocycles. The Morgan fingerprint density at radius 2 is 1.82 bits per heavy atom. The molecule has 1 unspecified atom stereocenters. The van der Waals surface area contributed by atoms with Gasteiger partial charge in [-0.2, -0.15) is 0 Å². The molecule has 0 bridgehead atoms. The summed E-state index contributed by atoms with van der Waals surface area (Å²) in [5.41, 5.74) is 0.896. The van der Waals surface area contributed by atoms with Gasteiger partial charge in [-0.05, 0) is 31.5 Å². The normalized spacial score (nSPS) is 11.6. The number of carbonyl (C=O) groups excluding carboxylic acids is 1. The summed E-state index contributed by atoms with van der Waals surface area (Å²) in [4.78, 5) is 32.0. The van der Waals surface area contributed by atoms with Crippen molar-refractivity contribution in [3.8, 4) is 11.5 Å². The molecule has 0 saturated carbocycles. The van der Waals surface area contributed by atoms with Crippen molar-refractivity contribution in [2.24, 2.45) is 7.05 Å². The number of nitrogens with zero attached hydrogens (tertiary/aromatic N) is 3. The summed E-state index contributed by atoms with van der Waals surface area (Å²) in [6.07, 6.45) is 0. The number of aromatic nitrogens is 2. The van der Waals surface area contributed by atoms with Crippen LogP contribution in [0.4, 0.5) is 5.95 Å². The van der Waals surface area contributed by atoms with Gasteiger partial charge in [0.15, 0.2) is 5.69 Å². The SMILES string of the molecule is CCOC(=O)c1nc(N(C)C(c2ccccc2)c2c(Cl)cccc2OCC)n(C)c(=O)c1OC. The molecule has 1 atom stereocenters. The lowest BCUT2D eigenvalue weighted by atomic mass is 9.96. The monoisotopic (exact) mass is 485 g/mol. The zero-order chi connectivity index (χ0) is 24.8. The van der Waals surface area contributed by atoms with Crippen molar-refractivity contribution in [1.29, 1.82) is 0 Å². The molecule has 9 heteroatoms. The number of ether oxygens (including phenoxy) is 3. The van der Waals surface area contributed by atoms with Crippen LogP contribution in [0.3, 0.4) is 0 Å². The average Bonchev–Trinajstić information content (AvgIpc) is 2.83. The predicted octanol–water partition coefficient (Wildman–Crippen LogP) is 4.24. The van der Waals surface area contributed by atoms with Crippen LogP contribution in [0, 0.1) is 0 Å². The van der Waals surface area contributed by atoms with Crippen molar-refractivity contribution in [2.75, 3.05) is 32.3 Å². The van der Waals surface area contributed by atoms with E-state index >= 15 is 0 Å². The summed E-state index contributed by atoms with van der Waals surface area (Å²) in [5, 5.41) is 0.496. The molecule has 0 saturated heterocycles. The van der Waals surface area contributed by atoms with Gasteiger partial charge in [0.2, 0.25) is 11.7 Å². The minimum absolute atomic E-state index is 0.133. The van der Waals surface area contributed by atoms with Crippen molar-refractivity contribution >= 4 is 23.5 Å². The molecule has 1 aromatic heterocycles. The quantitative estimate of drug-likeness (QED) is 0.419. The lowest BCUT2D eigenvalue weighted by Gasteiger charge is -2.32. The molecule has 0 spiro atoms. The van der Waals surface area contributed by atoms with E-state index in [1.54, 1.807) is 32.0 Å². The topological polar surface area (TPSA) is 82.9 Å². The van der Waals surface area contributed by atoms with Crippen LogP contribution in [0.5, 0.6) is 11.5 Å². The first kappa shape index (κ1) is 25.1. The summed E-state index contributed by atoms with van der Waals surface area (Å²) >= 11 is 6.69. The molecular formula is C25H28ClN3O5. The highest BCUT2D eigenvalue weighted by Crippen LogP contribution is 2.40. The average molecular weight is 486 g/mol. The Balaban J connectivity index is 2.28. The molecule has 3 aromatic rings. The molecule has 0 fully saturated rings. The van der Waals surface area contributed by atoms with Gasteiger partial charge in [-0.15, -0.1) is 0 Å². The number of hydrogen-bond acceptors (Lipinski definition) is 7. The Kier molecular flexibility index (Phi) is 8.17. The number of anilines is 1. The first-order chi connectivity index (χ1) is 16.3. The minimum Gasteiger partial charge on any atom is -0.493 e. The zero-order valence-electron chi connectivity index (χ0n) is 19.9. The second kappa shape index (κ2) is 11.1. The summed E-state index contributed by atoms with van der Waals surface area (Å²) < 4.78 is 17.5. The third-order valence-corrected chi connectivity index (χ3v) is 5.63. The molecule has 180 valence electrons. The van der Waals surface area contributed by atoms with Crippen LogP contribution < -0.4 is 19.9 Å². The Hall–Kier alpha value is -3.52. The van der Waals surface area contributed by atoms with Crippen LogP contribution in [-0.2, 0) is 11.8 Å². The number of carbonyl (C=O) groups is 1. The first-order valence-corrected chi connectivity index (χ1v) is 11.2. The Morgan fingerprint density at radius 1 is 1.12 bits per heavy atom. The number of esters is 1. The third-order valence-electron chi connectivity index (χ3n) is 5.30. The van der Waals surface area contributed by atoms with Gasteiger partial charge in [-0.25, -0.2) is 9.78 Å². The second-order valence-corrected chi connectivity index (χ2v) is 7.79. The molecule has 0 aliphatic heterocycles. The Bertz CT molecular complexity index is 1210. The van der Waals surface area contributed by atoms with Crippen molar-refractivity contribution in [1.82, 2.24) is 9.55 Å². The molecular weight excluding hydrogens is 458 g/mol. The minimum atomic E-state index is -0.740. The number of hydrogen-bond donors (Lipinski definition) is 0. The maximum Gasteiger partial charge on any atom is 0.361 e. The van der Waals surface area contributed by atoms with Gasteiger partial charge in [0.1, 0.15) is 5.75 Å². The molecule has 0 N–H and O–H groups in total. The number of rotatable bonds is 9. The van der Waals surface area contributed by atoms with Gasteiger partial charge >= 0.3 is 5.97 Å². The molecule has 0 radical (unpaired) electrons. The van der Waals surface area contributed by atoms with Crippen LogP contribution in [0.2, 0.25) is 5.02 Å². The molecule has 0 amide bonds. The third kappa shape index (κ3) is 4.87. The van der Waals surface area contributed by atoms with Crippen molar-refractivity contribution < 1.29 is 19.0 Å². The molecule has 0 aliphatic rings. The lowest BCUT2D eigenvalue weighted by molar-refractivity contribution is 0.0514. The smallest absolute Gasteiger partial charge is 0.361 e. The highest BCUT2D eigenvalue weighted by molar-refractivity contribution is 6.31. The van der Waals surface area contributed by atoms with E-state index in [0.717, 1.165) is 5.56 Å². The molecule has 0 aliphatic carbocycles. The molecule has 1 heterocycles. The van der Waals surface area contributed by atoms with Crippen LogP contribution in [0.1, 0.15) is 41.5 Å².